The molecule has 1 heterocycles. The summed E-state index contributed by atoms with van der Waals surface area (Å²) in [7, 11) is 0. The van der Waals surface area contributed by atoms with E-state index in [4.69, 9.17) is 4.42 Å². The summed E-state index contributed by atoms with van der Waals surface area (Å²) in [6, 6.07) is 23.6. The molecule has 0 amide bonds. The Balaban J connectivity index is 1.85. The zero-order chi connectivity index (χ0) is 14.2. The van der Waals surface area contributed by atoms with Gasteiger partial charge in [-0.15, -0.1) is 0 Å². The predicted molar refractivity (Wildman–Crippen MR) is 87.7 cm³/mol. The minimum atomic E-state index is 0.343. The SMILES string of the molecule is C[C@H](c1ccc2ccccc2c1)c1cccc2occc12. The molecule has 1 nitrogen and oxygen atoms in total. The van der Waals surface area contributed by atoms with E-state index in [-0.39, 0.29) is 0 Å². The third-order valence-electron chi connectivity index (χ3n) is 4.27. The van der Waals surface area contributed by atoms with Crippen molar-refractivity contribution in [3.63, 3.8) is 0 Å². The number of benzene rings is 3. The standard InChI is InChI=1S/C20H16O/c1-14(18-7-4-8-20-19(18)11-12-21-20)16-10-9-15-5-2-3-6-17(15)13-16/h2-14H,1H3/t14-/m1/s1. The Kier molecular flexibility index (Phi) is 2.78. The summed E-state index contributed by atoms with van der Waals surface area (Å²) in [5.74, 6) is 0.343. The van der Waals surface area contributed by atoms with Crippen molar-refractivity contribution in [2.45, 2.75) is 12.8 Å². The van der Waals surface area contributed by atoms with Crippen LogP contribution in [0.3, 0.4) is 0 Å². The average molecular weight is 272 g/mol. The van der Waals surface area contributed by atoms with Crippen molar-refractivity contribution in [3.8, 4) is 0 Å². The number of hydrogen-bond donors (Lipinski definition) is 0. The monoisotopic (exact) mass is 272 g/mol. The zero-order valence-electron chi connectivity index (χ0n) is 11.9. The molecule has 1 heteroatoms. The van der Waals surface area contributed by atoms with Gasteiger partial charge in [0, 0.05) is 11.3 Å². The second-order valence-corrected chi connectivity index (χ2v) is 5.51. The van der Waals surface area contributed by atoms with Gasteiger partial charge in [0.05, 0.1) is 6.26 Å². The van der Waals surface area contributed by atoms with Gasteiger partial charge >= 0.3 is 0 Å². The van der Waals surface area contributed by atoms with Gasteiger partial charge in [0.2, 0.25) is 0 Å². The number of furan rings is 1. The number of hydrogen-bond acceptors (Lipinski definition) is 1. The lowest BCUT2D eigenvalue weighted by Crippen LogP contribution is -1.96. The van der Waals surface area contributed by atoms with E-state index >= 15 is 0 Å². The summed E-state index contributed by atoms with van der Waals surface area (Å²) in [5.41, 5.74) is 3.61. The summed E-state index contributed by atoms with van der Waals surface area (Å²) in [4.78, 5) is 0. The van der Waals surface area contributed by atoms with Gasteiger partial charge < -0.3 is 4.42 Å². The Morgan fingerprint density at radius 2 is 1.67 bits per heavy atom. The zero-order valence-corrected chi connectivity index (χ0v) is 11.9. The topological polar surface area (TPSA) is 13.1 Å². The molecule has 0 saturated carbocycles. The van der Waals surface area contributed by atoms with Gasteiger partial charge in [0.15, 0.2) is 0 Å². The molecule has 0 unspecified atom stereocenters. The van der Waals surface area contributed by atoms with Gasteiger partial charge in [0.25, 0.3) is 0 Å². The summed E-state index contributed by atoms with van der Waals surface area (Å²) in [6.45, 7) is 2.26. The fourth-order valence-electron chi connectivity index (χ4n) is 3.05. The van der Waals surface area contributed by atoms with E-state index in [9.17, 15) is 0 Å². The molecule has 102 valence electrons. The highest BCUT2D eigenvalue weighted by Gasteiger charge is 2.13. The van der Waals surface area contributed by atoms with E-state index in [0.29, 0.717) is 5.92 Å². The van der Waals surface area contributed by atoms with E-state index < -0.39 is 0 Å². The van der Waals surface area contributed by atoms with Crippen LogP contribution < -0.4 is 0 Å². The number of fused-ring (bicyclic) bond motifs is 2. The van der Waals surface area contributed by atoms with Crippen LogP contribution in [0.5, 0.6) is 0 Å². The smallest absolute Gasteiger partial charge is 0.134 e. The van der Waals surface area contributed by atoms with Gasteiger partial charge in [-0.25, -0.2) is 0 Å². The molecule has 0 radical (unpaired) electrons. The lowest BCUT2D eigenvalue weighted by Gasteiger charge is -2.14. The van der Waals surface area contributed by atoms with E-state index in [1.807, 2.05) is 6.07 Å². The molecule has 1 aromatic heterocycles. The summed E-state index contributed by atoms with van der Waals surface area (Å²) in [6.07, 6.45) is 1.77. The lowest BCUT2D eigenvalue weighted by molar-refractivity contribution is 0.615. The third-order valence-corrected chi connectivity index (χ3v) is 4.27. The molecule has 0 aliphatic rings. The lowest BCUT2D eigenvalue weighted by atomic mass is 9.90. The quantitative estimate of drug-likeness (QED) is 0.453. The normalized spacial score (nSPS) is 12.8. The Morgan fingerprint density at radius 3 is 2.57 bits per heavy atom. The highest BCUT2D eigenvalue weighted by atomic mass is 16.3. The molecular formula is C20H16O. The molecule has 0 bridgehead atoms. The molecule has 0 aliphatic heterocycles. The number of rotatable bonds is 2. The van der Waals surface area contributed by atoms with Gasteiger partial charge in [-0.2, -0.15) is 0 Å². The molecule has 0 N–H and O–H groups in total. The maximum absolute atomic E-state index is 5.51. The molecule has 4 rings (SSSR count). The van der Waals surface area contributed by atoms with Gasteiger partial charge in [-0.3, -0.25) is 0 Å². The molecular weight excluding hydrogens is 256 g/mol. The van der Waals surface area contributed by atoms with Crippen LogP contribution in [0, 0.1) is 0 Å². The largest absolute Gasteiger partial charge is 0.464 e. The Morgan fingerprint density at radius 1 is 0.810 bits per heavy atom. The fraction of sp³-hybridized carbons (Fsp3) is 0.100. The van der Waals surface area contributed by atoms with Gasteiger partial charge in [-0.1, -0.05) is 61.5 Å². The molecule has 0 saturated heterocycles. The van der Waals surface area contributed by atoms with Crippen LogP contribution in [-0.4, -0.2) is 0 Å². The van der Waals surface area contributed by atoms with E-state index in [1.165, 1.54) is 27.3 Å². The third kappa shape index (κ3) is 2.02. The summed E-state index contributed by atoms with van der Waals surface area (Å²) in [5, 5.41) is 3.79. The maximum atomic E-state index is 5.51. The molecule has 0 spiro atoms. The van der Waals surface area contributed by atoms with E-state index in [2.05, 4.69) is 67.6 Å². The molecule has 1 atom stereocenters. The van der Waals surface area contributed by atoms with Crippen LogP contribution in [0.1, 0.15) is 24.0 Å². The highest BCUT2D eigenvalue weighted by Crippen LogP contribution is 2.32. The Labute approximate surface area is 123 Å². The van der Waals surface area contributed by atoms with Gasteiger partial charge in [0.1, 0.15) is 5.58 Å². The molecule has 0 fully saturated rings. The van der Waals surface area contributed by atoms with Gasteiger partial charge in [-0.05, 0) is 34.0 Å². The van der Waals surface area contributed by atoms with Crippen molar-refractivity contribution in [3.05, 3.63) is 84.1 Å². The van der Waals surface area contributed by atoms with Crippen LogP contribution in [-0.2, 0) is 0 Å². The second kappa shape index (κ2) is 4.78. The first-order valence-electron chi connectivity index (χ1n) is 7.28. The average Bonchev–Trinajstić information content (AvgIpc) is 3.02. The highest BCUT2D eigenvalue weighted by molar-refractivity contribution is 5.85. The van der Waals surface area contributed by atoms with Crippen LogP contribution in [0.25, 0.3) is 21.7 Å². The van der Waals surface area contributed by atoms with Crippen LogP contribution in [0.4, 0.5) is 0 Å². The summed E-state index contributed by atoms with van der Waals surface area (Å²) < 4.78 is 5.51. The van der Waals surface area contributed by atoms with Crippen LogP contribution in [0.15, 0.2) is 77.4 Å². The fourth-order valence-corrected chi connectivity index (χ4v) is 3.05. The first kappa shape index (κ1) is 12.2. The van der Waals surface area contributed by atoms with Crippen molar-refractivity contribution >= 4 is 21.7 Å². The predicted octanol–water partition coefficient (Wildman–Crippen LogP) is 5.74. The van der Waals surface area contributed by atoms with Crippen molar-refractivity contribution in [2.75, 3.05) is 0 Å². The van der Waals surface area contributed by atoms with Crippen molar-refractivity contribution in [1.82, 2.24) is 0 Å². The van der Waals surface area contributed by atoms with Crippen molar-refractivity contribution in [2.24, 2.45) is 0 Å². The van der Waals surface area contributed by atoms with Crippen LogP contribution in [0.2, 0.25) is 0 Å². The van der Waals surface area contributed by atoms with E-state index in [0.717, 1.165) is 5.58 Å². The molecule has 0 aliphatic carbocycles. The first-order valence-corrected chi connectivity index (χ1v) is 7.28. The minimum absolute atomic E-state index is 0.343. The van der Waals surface area contributed by atoms with Crippen LogP contribution >= 0.6 is 0 Å². The first-order chi connectivity index (χ1) is 10.3. The Bertz CT molecular complexity index is 917. The minimum Gasteiger partial charge on any atom is -0.464 e. The molecule has 3 aromatic carbocycles. The summed E-state index contributed by atoms with van der Waals surface area (Å²) >= 11 is 0. The van der Waals surface area contributed by atoms with Crippen molar-refractivity contribution in [1.29, 1.82) is 0 Å². The molecule has 4 aromatic rings. The Hall–Kier alpha value is -2.54. The van der Waals surface area contributed by atoms with E-state index in [1.54, 1.807) is 6.26 Å². The maximum Gasteiger partial charge on any atom is 0.134 e. The van der Waals surface area contributed by atoms with Crippen molar-refractivity contribution < 1.29 is 4.42 Å². The molecule has 21 heavy (non-hydrogen) atoms. The second-order valence-electron chi connectivity index (χ2n) is 5.51.